The highest BCUT2D eigenvalue weighted by molar-refractivity contribution is 5.42. The van der Waals surface area contributed by atoms with E-state index in [0.29, 0.717) is 13.2 Å². The SMILES string of the molecule is O=[N+]([O-])c1ccc(NN2CCOCC2)cn1. The fourth-order valence-electron chi connectivity index (χ4n) is 1.42. The van der Waals surface area contributed by atoms with E-state index in [2.05, 4.69) is 10.4 Å². The normalized spacial score (nSPS) is 17.0. The predicted octanol–water partition coefficient (Wildman–Crippen LogP) is 0.649. The van der Waals surface area contributed by atoms with Gasteiger partial charge in [0, 0.05) is 19.2 Å². The van der Waals surface area contributed by atoms with Crippen molar-refractivity contribution in [1.82, 2.24) is 9.99 Å². The maximum Gasteiger partial charge on any atom is 0.363 e. The maximum absolute atomic E-state index is 10.4. The lowest BCUT2D eigenvalue weighted by atomic mass is 10.4. The monoisotopic (exact) mass is 224 g/mol. The number of anilines is 1. The molecule has 2 heterocycles. The lowest BCUT2D eigenvalue weighted by Gasteiger charge is -2.27. The molecule has 16 heavy (non-hydrogen) atoms. The van der Waals surface area contributed by atoms with Crippen LogP contribution in [-0.2, 0) is 4.74 Å². The zero-order chi connectivity index (χ0) is 11.4. The number of rotatable bonds is 3. The smallest absolute Gasteiger partial charge is 0.363 e. The molecule has 0 aromatic carbocycles. The highest BCUT2D eigenvalue weighted by Gasteiger charge is 2.11. The van der Waals surface area contributed by atoms with Gasteiger partial charge >= 0.3 is 5.82 Å². The minimum absolute atomic E-state index is 0.146. The number of morpholine rings is 1. The van der Waals surface area contributed by atoms with Gasteiger partial charge in [-0.15, -0.1) is 0 Å². The molecule has 0 aliphatic carbocycles. The number of hydrogen-bond donors (Lipinski definition) is 1. The Morgan fingerprint density at radius 3 is 2.75 bits per heavy atom. The summed E-state index contributed by atoms with van der Waals surface area (Å²) >= 11 is 0. The van der Waals surface area contributed by atoms with Crippen molar-refractivity contribution in [3.05, 3.63) is 28.4 Å². The molecule has 0 atom stereocenters. The van der Waals surface area contributed by atoms with Crippen LogP contribution in [0.3, 0.4) is 0 Å². The lowest BCUT2D eigenvalue weighted by Crippen LogP contribution is -2.40. The summed E-state index contributed by atoms with van der Waals surface area (Å²) in [7, 11) is 0. The number of hydrogen-bond acceptors (Lipinski definition) is 6. The van der Waals surface area contributed by atoms with Crippen LogP contribution in [0.4, 0.5) is 11.5 Å². The number of nitrogens with one attached hydrogen (secondary N) is 1. The second kappa shape index (κ2) is 4.86. The van der Waals surface area contributed by atoms with Gasteiger partial charge < -0.3 is 20.3 Å². The number of nitro groups is 1. The van der Waals surface area contributed by atoms with Crippen LogP contribution >= 0.6 is 0 Å². The van der Waals surface area contributed by atoms with Crippen molar-refractivity contribution in [3.8, 4) is 0 Å². The first-order chi connectivity index (χ1) is 7.75. The van der Waals surface area contributed by atoms with Crippen molar-refractivity contribution in [3.63, 3.8) is 0 Å². The van der Waals surface area contributed by atoms with Crippen molar-refractivity contribution in [2.75, 3.05) is 31.7 Å². The van der Waals surface area contributed by atoms with Crippen molar-refractivity contribution in [2.45, 2.75) is 0 Å². The molecule has 0 spiro atoms. The Kier molecular flexibility index (Phi) is 3.28. The van der Waals surface area contributed by atoms with E-state index >= 15 is 0 Å². The Labute approximate surface area is 92.2 Å². The van der Waals surface area contributed by atoms with Gasteiger partial charge in [0.15, 0.2) is 6.20 Å². The number of aromatic nitrogens is 1. The first kappa shape index (κ1) is 10.8. The van der Waals surface area contributed by atoms with E-state index in [1.807, 2.05) is 5.01 Å². The van der Waals surface area contributed by atoms with Crippen LogP contribution in [0.1, 0.15) is 0 Å². The molecule has 7 heteroatoms. The average molecular weight is 224 g/mol. The van der Waals surface area contributed by atoms with E-state index in [1.54, 1.807) is 6.07 Å². The molecule has 1 fully saturated rings. The van der Waals surface area contributed by atoms with Crippen LogP contribution < -0.4 is 5.43 Å². The first-order valence-corrected chi connectivity index (χ1v) is 4.95. The maximum atomic E-state index is 10.4. The third-order valence-corrected chi connectivity index (χ3v) is 2.23. The second-order valence-electron chi connectivity index (χ2n) is 3.37. The van der Waals surface area contributed by atoms with Gasteiger partial charge in [0.25, 0.3) is 0 Å². The van der Waals surface area contributed by atoms with E-state index < -0.39 is 4.92 Å². The van der Waals surface area contributed by atoms with E-state index in [9.17, 15) is 10.1 Å². The highest BCUT2D eigenvalue weighted by atomic mass is 16.6. The first-order valence-electron chi connectivity index (χ1n) is 4.95. The molecule has 0 bridgehead atoms. The summed E-state index contributed by atoms with van der Waals surface area (Å²) in [6.07, 6.45) is 1.45. The van der Waals surface area contributed by atoms with E-state index in [-0.39, 0.29) is 5.82 Å². The molecule has 1 saturated heterocycles. The summed E-state index contributed by atoms with van der Waals surface area (Å²) in [6, 6.07) is 3.02. The molecular formula is C9H12N4O3. The van der Waals surface area contributed by atoms with Crippen LogP contribution in [0.2, 0.25) is 0 Å². The Morgan fingerprint density at radius 1 is 1.44 bits per heavy atom. The van der Waals surface area contributed by atoms with Gasteiger partial charge in [0.2, 0.25) is 0 Å². The van der Waals surface area contributed by atoms with Crippen LogP contribution in [0.25, 0.3) is 0 Å². The van der Waals surface area contributed by atoms with Crippen LogP contribution in [-0.4, -0.2) is 41.2 Å². The van der Waals surface area contributed by atoms with Crippen molar-refractivity contribution >= 4 is 11.5 Å². The minimum atomic E-state index is -0.515. The summed E-state index contributed by atoms with van der Waals surface area (Å²) in [6.45, 7) is 2.95. The molecule has 2 rings (SSSR count). The van der Waals surface area contributed by atoms with E-state index in [4.69, 9.17) is 4.74 Å². The fraction of sp³-hybridized carbons (Fsp3) is 0.444. The van der Waals surface area contributed by atoms with E-state index in [1.165, 1.54) is 12.3 Å². The number of ether oxygens (including phenoxy) is 1. The molecule has 0 amide bonds. The Hall–Kier alpha value is -1.73. The third kappa shape index (κ3) is 2.65. The second-order valence-corrected chi connectivity index (χ2v) is 3.37. The van der Waals surface area contributed by atoms with Crippen LogP contribution in [0.15, 0.2) is 18.3 Å². The topological polar surface area (TPSA) is 80.5 Å². The molecule has 1 aliphatic heterocycles. The molecule has 0 unspecified atom stereocenters. The van der Waals surface area contributed by atoms with Crippen molar-refractivity contribution < 1.29 is 9.66 Å². The molecule has 0 saturated carbocycles. The molecule has 86 valence electrons. The molecule has 7 nitrogen and oxygen atoms in total. The van der Waals surface area contributed by atoms with Crippen molar-refractivity contribution in [1.29, 1.82) is 0 Å². The fourth-order valence-corrected chi connectivity index (χ4v) is 1.42. The Balaban J connectivity index is 1.96. The van der Waals surface area contributed by atoms with Crippen LogP contribution in [0, 0.1) is 10.1 Å². The summed E-state index contributed by atoms with van der Waals surface area (Å²) in [5.41, 5.74) is 3.86. The van der Waals surface area contributed by atoms with Crippen LogP contribution in [0.5, 0.6) is 0 Å². The van der Waals surface area contributed by atoms with Gasteiger partial charge in [-0.25, -0.2) is 5.01 Å². The molecular weight excluding hydrogens is 212 g/mol. The molecule has 1 aliphatic rings. The van der Waals surface area contributed by atoms with Crippen molar-refractivity contribution in [2.24, 2.45) is 0 Å². The lowest BCUT2D eigenvalue weighted by molar-refractivity contribution is -0.389. The molecule has 1 aromatic heterocycles. The minimum Gasteiger partial charge on any atom is -0.379 e. The van der Waals surface area contributed by atoms with Gasteiger partial charge in [-0.1, -0.05) is 0 Å². The summed E-state index contributed by atoms with van der Waals surface area (Å²) in [5.74, 6) is -0.146. The Morgan fingerprint density at radius 2 is 2.19 bits per heavy atom. The van der Waals surface area contributed by atoms with Gasteiger partial charge in [-0.05, 0) is 16.0 Å². The standard InChI is InChI=1S/C9H12N4O3/c14-13(15)9-2-1-8(7-10-9)11-12-3-5-16-6-4-12/h1-2,7,11H,3-6H2. The van der Waals surface area contributed by atoms with Gasteiger partial charge in [0.1, 0.15) is 0 Å². The Bertz CT molecular complexity index is 362. The van der Waals surface area contributed by atoms with Gasteiger partial charge in [0.05, 0.1) is 18.9 Å². The van der Waals surface area contributed by atoms with E-state index in [0.717, 1.165) is 18.8 Å². The number of pyridine rings is 1. The van der Waals surface area contributed by atoms with Gasteiger partial charge in [-0.2, -0.15) is 0 Å². The molecule has 1 N–H and O–H groups in total. The molecule has 0 radical (unpaired) electrons. The summed E-state index contributed by atoms with van der Waals surface area (Å²) in [4.78, 5) is 13.6. The predicted molar refractivity (Wildman–Crippen MR) is 56.9 cm³/mol. The summed E-state index contributed by atoms with van der Waals surface area (Å²) in [5, 5.41) is 12.4. The third-order valence-electron chi connectivity index (χ3n) is 2.23. The largest absolute Gasteiger partial charge is 0.379 e. The quantitative estimate of drug-likeness (QED) is 0.599. The zero-order valence-corrected chi connectivity index (χ0v) is 8.63. The number of hydrazine groups is 1. The average Bonchev–Trinajstić information content (AvgIpc) is 2.31. The number of nitrogens with zero attached hydrogens (tertiary/aromatic N) is 3. The van der Waals surface area contributed by atoms with Gasteiger partial charge in [-0.3, -0.25) is 0 Å². The zero-order valence-electron chi connectivity index (χ0n) is 8.63. The summed E-state index contributed by atoms with van der Waals surface area (Å²) < 4.78 is 5.20. The molecule has 1 aromatic rings. The highest BCUT2D eigenvalue weighted by Crippen LogP contribution is 2.12.